The van der Waals surface area contributed by atoms with E-state index in [1.54, 1.807) is 18.3 Å². The molecule has 4 N–H and O–H groups in total. The Morgan fingerprint density at radius 1 is 0.926 bits per heavy atom. The van der Waals surface area contributed by atoms with Gasteiger partial charge in [-0.05, 0) is 29.7 Å². The van der Waals surface area contributed by atoms with Crippen LogP contribution in [0, 0.1) is 0 Å². The van der Waals surface area contributed by atoms with Gasteiger partial charge in [0, 0.05) is 13.1 Å². The fourth-order valence-electron chi connectivity index (χ4n) is 2.42. The highest BCUT2D eigenvalue weighted by atomic mass is 32.2. The van der Waals surface area contributed by atoms with E-state index in [1.807, 2.05) is 30.3 Å². The molecule has 0 bridgehead atoms. The van der Waals surface area contributed by atoms with Crippen molar-refractivity contribution in [2.45, 2.75) is 17.9 Å². The van der Waals surface area contributed by atoms with E-state index in [0.717, 1.165) is 11.1 Å². The van der Waals surface area contributed by atoms with Crippen LogP contribution < -0.4 is 15.8 Å². The Hall–Kier alpha value is -3.04. The first-order chi connectivity index (χ1) is 13.0. The average Bonchev–Trinajstić information content (AvgIpc) is 2.67. The van der Waals surface area contributed by atoms with E-state index in [0.29, 0.717) is 31.3 Å². The molecule has 1 aromatic heterocycles. The van der Waals surface area contributed by atoms with E-state index in [-0.39, 0.29) is 4.90 Å². The number of hydrogen-bond acceptors (Lipinski definition) is 7. The molecule has 0 amide bonds. The number of hydrogen-bond donors (Lipinski definition) is 3. The second kappa shape index (κ2) is 8.56. The van der Waals surface area contributed by atoms with Crippen LogP contribution in [-0.2, 0) is 23.0 Å². The first-order valence-corrected chi connectivity index (χ1v) is 9.88. The zero-order valence-electron chi connectivity index (χ0n) is 14.5. The molecular weight excluding hydrogens is 364 g/mol. The van der Waals surface area contributed by atoms with Crippen molar-refractivity contribution in [1.82, 2.24) is 15.2 Å². The molecular formula is C18H20N6O2S. The Balaban J connectivity index is 1.51. The van der Waals surface area contributed by atoms with E-state index in [9.17, 15) is 8.42 Å². The van der Waals surface area contributed by atoms with Crippen molar-refractivity contribution in [3.63, 3.8) is 0 Å². The van der Waals surface area contributed by atoms with Crippen molar-refractivity contribution < 1.29 is 8.42 Å². The van der Waals surface area contributed by atoms with Crippen molar-refractivity contribution in [2.75, 3.05) is 17.2 Å². The minimum Gasteiger partial charge on any atom is -0.368 e. The normalized spacial score (nSPS) is 11.1. The number of nitrogens with one attached hydrogen (secondary N) is 2. The van der Waals surface area contributed by atoms with Crippen LogP contribution in [0.1, 0.15) is 11.1 Å². The maximum Gasteiger partial charge on any atom is 0.244 e. The van der Waals surface area contributed by atoms with E-state index < -0.39 is 10.0 Å². The molecule has 140 valence electrons. The molecule has 0 saturated heterocycles. The number of aromatic nitrogens is 3. The van der Waals surface area contributed by atoms with Crippen LogP contribution in [-0.4, -0.2) is 30.1 Å². The highest BCUT2D eigenvalue weighted by Gasteiger charge is 2.06. The summed E-state index contributed by atoms with van der Waals surface area (Å²) in [6.45, 7) is 1.23. The van der Waals surface area contributed by atoms with Gasteiger partial charge in [0.25, 0.3) is 0 Å². The van der Waals surface area contributed by atoms with Crippen molar-refractivity contribution in [1.29, 1.82) is 0 Å². The smallest absolute Gasteiger partial charge is 0.244 e. The molecule has 1 heterocycles. The Kier molecular flexibility index (Phi) is 5.94. The van der Waals surface area contributed by atoms with Gasteiger partial charge in [-0.15, -0.1) is 5.10 Å². The summed E-state index contributed by atoms with van der Waals surface area (Å²) in [4.78, 5) is 4.48. The van der Waals surface area contributed by atoms with Gasteiger partial charge >= 0.3 is 0 Å². The van der Waals surface area contributed by atoms with Gasteiger partial charge in [-0.2, -0.15) is 10.1 Å². The summed E-state index contributed by atoms with van der Waals surface area (Å²) in [6, 6.07) is 16.4. The van der Waals surface area contributed by atoms with E-state index >= 15 is 0 Å². The summed E-state index contributed by atoms with van der Waals surface area (Å²) >= 11 is 0. The number of nitrogens with two attached hydrogens (primary N) is 1. The van der Waals surface area contributed by atoms with Gasteiger partial charge in [-0.25, -0.2) is 13.6 Å². The van der Waals surface area contributed by atoms with E-state index in [1.165, 1.54) is 12.1 Å². The quantitative estimate of drug-likeness (QED) is 0.541. The lowest BCUT2D eigenvalue weighted by molar-refractivity contribution is 0.598. The van der Waals surface area contributed by atoms with Crippen LogP contribution in [0.25, 0.3) is 0 Å². The number of rotatable bonds is 8. The lowest BCUT2D eigenvalue weighted by Gasteiger charge is -2.08. The Morgan fingerprint density at radius 3 is 2.37 bits per heavy atom. The third-order valence-corrected chi connectivity index (χ3v) is 4.75. The van der Waals surface area contributed by atoms with Gasteiger partial charge in [0.1, 0.15) is 0 Å². The van der Waals surface area contributed by atoms with Crippen LogP contribution in [0.15, 0.2) is 65.7 Å². The van der Waals surface area contributed by atoms with Crippen LogP contribution in [0.5, 0.6) is 0 Å². The lowest BCUT2D eigenvalue weighted by atomic mass is 10.1. The number of nitrogens with zero attached hydrogens (tertiary/aromatic N) is 3. The Labute approximate surface area is 157 Å². The minimum absolute atomic E-state index is 0.105. The molecule has 9 heteroatoms. The molecule has 3 rings (SSSR count). The van der Waals surface area contributed by atoms with Crippen molar-refractivity contribution in [2.24, 2.45) is 5.14 Å². The zero-order valence-corrected chi connectivity index (χ0v) is 15.4. The lowest BCUT2D eigenvalue weighted by Crippen LogP contribution is -2.12. The van der Waals surface area contributed by atoms with Gasteiger partial charge < -0.3 is 10.6 Å². The van der Waals surface area contributed by atoms with Gasteiger partial charge in [0.15, 0.2) is 5.82 Å². The van der Waals surface area contributed by atoms with Crippen LogP contribution >= 0.6 is 0 Å². The van der Waals surface area contributed by atoms with Crippen LogP contribution in [0.3, 0.4) is 0 Å². The Bertz CT molecular complexity index is 978. The first-order valence-electron chi connectivity index (χ1n) is 8.34. The predicted octanol–water partition coefficient (Wildman–Crippen LogP) is 1.79. The second-order valence-corrected chi connectivity index (χ2v) is 7.43. The van der Waals surface area contributed by atoms with Crippen molar-refractivity contribution in [3.05, 3.63) is 71.9 Å². The molecule has 0 spiro atoms. The predicted molar refractivity (Wildman–Crippen MR) is 104 cm³/mol. The van der Waals surface area contributed by atoms with Gasteiger partial charge in [-0.3, -0.25) is 0 Å². The van der Waals surface area contributed by atoms with E-state index in [4.69, 9.17) is 5.14 Å². The number of primary sulfonamides is 1. The van der Waals surface area contributed by atoms with Crippen molar-refractivity contribution >= 4 is 21.8 Å². The Morgan fingerprint density at radius 2 is 1.67 bits per heavy atom. The third kappa shape index (κ3) is 5.73. The zero-order chi connectivity index (χ0) is 19.1. The molecule has 0 aliphatic heterocycles. The highest BCUT2D eigenvalue weighted by Crippen LogP contribution is 2.10. The van der Waals surface area contributed by atoms with Crippen LogP contribution in [0.4, 0.5) is 11.8 Å². The molecule has 3 aromatic rings. The standard InChI is InChI=1S/C18H20N6O2S/c19-27(25,26)16-8-6-14(7-9-16)10-11-20-17-13-22-24-18(23-17)21-12-15-4-2-1-3-5-15/h1-9,13H,10-12H2,(H2,19,25,26)(H2,20,21,23,24). The number of benzene rings is 2. The fraction of sp³-hybridized carbons (Fsp3) is 0.167. The van der Waals surface area contributed by atoms with Gasteiger partial charge in [0.2, 0.25) is 16.0 Å². The van der Waals surface area contributed by atoms with Gasteiger partial charge in [-0.1, -0.05) is 42.5 Å². The van der Waals surface area contributed by atoms with E-state index in [2.05, 4.69) is 25.8 Å². The maximum atomic E-state index is 11.3. The summed E-state index contributed by atoms with van der Waals surface area (Å²) in [5.74, 6) is 1.06. The summed E-state index contributed by atoms with van der Waals surface area (Å²) in [5.41, 5.74) is 2.11. The molecule has 0 saturated carbocycles. The molecule has 2 aromatic carbocycles. The molecule has 0 atom stereocenters. The molecule has 27 heavy (non-hydrogen) atoms. The minimum atomic E-state index is -3.66. The molecule has 0 aliphatic carbocycles. The third-order valence-electron chi connectivity index (χ3n) is 3.82. The monoisotopic (exact) mass is 384 g/mol. The van der Waals surface area contributed by atoms with Gasteiger partial charge in [0.05, 0.1) is 11.1 Å². The second-order valence-electron chi connectivity index (χ2n) is 5.87. The molecule has 0 fully saturated rings. The molecule has 8 nitrogen and oxygen atoms in total. The van der Waals surface area contributed by atoms with Crippen molar-refractivity contribution in [3.8, 4) is 0 Å². The fourth-order valence-corrected chi connectivity index (χ4v) is 2.94. The highest BCUT2D eigenvalue weighted by molar-refractivity contribution is 7.89. The molecule has 0 radical (unpaired) electrons. The largest absolute Gasteiger partial charge is 0.368 e. The summed E-state index contributed by atoms with van der Waals surface area (Å²) in [7, 11) is -3.66. The topological polar surface area (TPSA) is 123 Å². The first kappa shape index (κ1) is 18.7. The number of sulfonamides is 1. The average molecular weight is 384 g/mol. The summed E-state index contributed by atoms with van der Waals surface area (Å²) < 4.78 is 22.5. The molecule has 0 unspecified atom stereocenters. The number of anilines is 2. The summed E-state index contributed by atoms with van der Waals surface area (Å²) in [5, 5.41) is 19.3. The molecule has 0 aliphatic rings. The summed E-state index contributed by atoms with van der Waals surface area (Å²) in [6.07, 6.45) is 2.25. The SMILES string of the molecule is NS(=O)(=O)c1ccc(CCNc2cnnc(NCc3ccccc3)n2)cc1. The maximum absolute atomic E-state index is 11.3. The van der Waals surface area contributed by atoms with Crippen LogP contribution in [0.2, 0.25) is 0 Å².